The molecule has 0 fully saturated rings. The maximum absolute atomic E-state index is 12.4. The average Bonchev–Trinajstić information content (AvgIpc) is 2.54. The summed E-state index contributed by atoms with van der Waals surface area (Å²) in [6.07, 6.45) is 1.37. The van der Waals surface area contributed by atoms with Crippen molar-refractivity contribution in [1.29, 1.82) is 0 Å². The molecule has 3 aromatic rings. The van der Waals surface area contributed by atoms with Gasteiger partial charge in [0, 0.05) is 17.1 Å². The zero-order valence-electron chi connectivity index (χ0n) is 12.5. The van der Waals surface area contributed by atoms with Gasteiger partial charge in [-0.15, -0.1) is 0 Å². The largest absolute Gasteiger partial charge is 0.467 e. The number of methoxy groups -OCH3 is 1. The Morgan fingerprint density at radius 1 is 1.22 bits per heavy atom. The second kappa shape index (κ2) is 5.84. The van der Waals surface area contributed by atoms with Gasteiger partial charge in [0.15, 0.2) is 0 Å². The van der Waals surface area contributed by atoms with Crippen LogP contribution >= 0.6 is 0 Å². The maximum Gasteiger partial charge on any atom is 0.321 e. The number of carbonyl (C=O) groups excluding carboxylic acids is 1. The fraction of sp³-hybridized carbons (Fsp3) is 0.133. The Morgan fingerprint density at radius 3 is 2.78 bits per heavy atom. The quantitative estimate of drug-likeness (QED) is 0.754. The van der Waals surface area contributed by atoms with E-state index in [0.717, 1.165) is 0 Å². The number of nitrogens with zero attached hydrogens (tertiary/aromatic N) is 3. The van der Waals surface area contributed by atoms with Crippen LogP contribution in [0.5, 0.6) is 6.01 Å². The second-order valence-corrected chi connectivity index (χ2v) is 4.72. The lowest BCUT2D eigenvalue weighted by Crippen LogP contribution is -2.23. The molecule has 116 valence electrons. The smallest absolute Gasteiger partial charge is 0.321 e. The molecule has 23 heavy (non-hydrogen) atoms. The van der Waals surface area contributed by atoms with Crippen LogP contribution in [0.1, 0.15) is 16.2 Å². The molecule has 0 spiro atoms. The van der Waals surface area contributed by atoms with Gasteiger partial charge in [-0.05, 0) is 19.1 Å². The lowest BCUT2D eigenvalue weighted by Gasteiger charge is -2.06. The third-order valence-corrected chi connectivity index (χ3v) is 3.17. The first kappa shape index (κ1) is 14.6. The molecule has 1 amide bonds. The molecule has 2 heterocycles. The van der Waals surface area contributed by atoms with E-state index in [1.54, 1.807) is 31.2 Å². The predicted octanol–water partition coefficient (Wildman–Crippen LogP) is 1.28. The summed E-state index contributed by atoms with van der Waals surface area (Å²) >= 11 is 0. The first-order valence-corrected chi connectivity index (χ1v) is 6.77. The van der Waals surface area contributed by atoms with E-state index >= 15 is 0 Å². The molecule has 0 atom stereocenters. The first-order chi connectivity index (χ1) is 11.1. The molecule has 2 aromatic heterocycles. The number of ether oxygens (including phenoxy) is 1. The van der Waals surface area contributed by atoms with E-state index in [0.29, 0.717) is 16.7 Å². The van der Waals surface area contributed by atoms with E-state index in [1.807, 2.05) is 0 Å². The number of para-hydroxylation sites is 1. The topological polar surface area (TPSA) is 110 Å². The summed E-state index contributed by atoms with van der Waals surface area (Å²) in [4.78, 5) is 39.5. The molecule has 0 saturated heterocycles. The van der Waals surface area contributed by atoms with Crippen molar-refractivity contribution in [1.82, 2.24) is 19.9 Å². The number of carbonyl (C=O) groups is 1. The van der Waals surface area contributed by atoms with Crippen molar-refractivity contribution in [3.8, 4) is 6.01 Å². The zero-order valence-corrected chi connectivity index (χ0v) is 12.5. The maximum atomic E-state index is 12.4. The Kier molecular flexibility index (Phi) is 3.71. The van der Waals surface area contributed by atoms with Gasteiger partial charge in [0.1, 0.15) is 11.4 Å². The van der Waals surface area contributed by atoms with Crippen molar-refractivity contribution in [2.45, 2.75) is 6.92 Å². The van der Waals surface area contributed by atoms with Gasteiger partial charge in [-0.1, -0.05) is 12.1 Å². The Bertz CT molecular complexity index is 951. The minimum atomic E-state index is -0.607. The molecule has 0 saturated carbocycles. The number of H-pyrrole nitrogens is 1. The third kappa shape index (κ3) is 2.86. The molecule has 0 radical (unpaired) electrons. The molecule has 0 unspecified atom stereocenters. The van der Waals surface area contributed by atoms with Crippen molar-refractivity contribution in [3.63, 3.8) is 0 Å². The van der Waals surface area contributed by atoms with Crippen molar-refractivity contribution < 1.29 is 9.53 Å². The van der Waals surface area contributed by atoms with Crippen LogP contribution < -0.4 is 15.5 Å². The Labute approximate surface area is 130 Å². The van der Waals surface area contributed by atoms with E-state index in [-0.39, 0.29) is 23.0 Å². The highest BCUT2D eigenvalue weighted by Crippen LogP contribution is 2.10. The summed E-state index contributed by atoms with van der Waals surface area (Å²) < 4.78 is 4.92. The third-order valence-electron chi connectivity index (χ3n) is 3.17. The molecule has 0 aliphatic carbocycles. The second-order valence-electron chi connectivity index (χ2n) is 4.72. The minimum Gasteiger partial charge on any atom is -0.467 e. The number of hydrogen-bond acceptors (Lipinski definition) is 6. The number of fused-ring (bicyclic) bond motifs is 1. The van der Waals surface area contributed by atoms with Crippen LogP contribution in [0, 0.1) is 6.92 Å². The first-order valence-electron chi connectivity index (χ1n) is 6.77. The summed E-state index contributed by atoms with van der Waals surface area (Å²) in [6.45, 7) is 1.64. The van der Waals surface area contributed by atoms with Crippen LogP contribution in [-0.4, -0.2) is 33.0 Å². The van der Waals surface area contributed by atoms with Crippen molar-refractivity contribution >= 4 is 22.8 Å². The average molecular weight is 311 g/mol. The van der Waals surface area contributed by atoms with E-state index < -0.39 is 5.91 Å². The molecule has 0 aliphatic rings. The van der Waals surface area contributed by atoms with Gasteiger partial charge in [0.05, 0.1) is 7.11 Å². The zero-order chi connectivity index (χ0) is 16.4. The van der Waals surface area contributed by atoms with Crippen molar-refractivity contribution in [3.05, 3.63) is 52.1 Å². The van der Waals surface area contributed by atoms with Crippen LogP contribution in [0.2, 0.25) is 0 Å². The van der Waals surface area contributed by atoms with Crippen LogP contribution in [0.15, 0.2) is 35.3 Å². The number of aromatic amines is 1. The number of amides is 1. The molecule has 3 rings (SSSR count). The lowest BCUT2D eigenvalue weighted by molar-refractivity contribution is 0.102. The number of rotatable bonds is 3. The Morgan fingerprint density at radius 2 is 2.00 bits per heavy atom. The fourth-order valence-corrected chi connectivity index (χ4v) is 2.11. The van der Waals surface area contributed by atoms with Gasteiger partial charge < -0.3 is 9.72 Å². The highest BCUT2D eigenvalue weighted by atomic mass is 16.5. The number of aryl methyl sites for hydroxylation is 1. The Balaban J connectivity index is 1.97. The van der Waals surface area contributed by atoms with Gasteiger partial charge in [0.2, 0.25) is 11.4 Å². The summed E-state index contributed by atoms with van der Waals surface area (Å²) in [5.74, 6) is -0.198. The van der Waals surface area contributed by atoms with Gasteiger partial charge in [0.25, 0.3) is 5.91 Å². The fourth-order valence-electron chi connectivity index (χ4n) is 2.11. The van der Waals surface area contributed by atoms with Crippen LogP contribution in [0.4, 0.5) is 5.95 Å². The summed E-state index contributed by atoms with van der Waals surface area (Å²) in [5, 5.41) is 2.91. The van der Waals surface area contributed by atoms with Gasteiger partial charge in [-0.3, -0.25) is 14.9 Å². The standard InChI is InChI=1S/C15H13N5O3/c1-8-17-14(20-15(18-8)23-2)19-13(22)10-7-16-11-6-4-3-5-9(11)12(10)21/h3-7H,1-2H3,(H,16,21)(H,17,18,19,20,22). The Hall–Kier alpha value is -3.29. The number of anilines is 1. The predicted molar refractivity (Wildman–Crippen MR) is 83.6 cm³/mol. The van der Waals surface area contributed by atoms with E-state index in [2.05, 4.69) is 25.3 Å². The highest BCUT2D eigenvalue weighted by molar-refractivity contribution is 6.04. The van der Waals surface area contributed by atoms with Crippen LogP contribution in [-0.2, 0) is 0 Å². The summed E-state index contributed by atoms with van der Waals surface area (Å²) in [7, 11) is 1.41. The SMILES string of the molecule is COc1nc(C)nc(NC(=O)c2c[nH]c3ccccc3c2=O)n1. The number of hydrogen-bond donors (Lipinski definition) is 2. The molecule has 0 aliphatic heterocycles. The van der Waals surface area contributed by atoms with Gasteiger partial charge in [-0.25, -0.2) is 0 Å². The highest BCUT2D eigenvalue weighted by Gasteiger charge is 2.15. The summed E-state index contributed by atoms with van der Waals surface area (Å²) in [5.41, 5.74) is 0.266. The molecule has 8 heteroatoms. The lowest BCUT2D eigenvalue weighted by atomic mass is 10.1. The number of pyridine rings is 1. The minimum absolute atomic E-state index is 0.0203. The van der Waals surface area contributed by atoms with E-state index in [4.69, 9.17) is 4.74 Å². The molecule has 1 aromatic carbocycles. The van der Waals surface area contributed by atoms with Crippen molar-refractivity contribution in [2.75, 3.05) is 12.4 Å². The molecular formula is C15H13N5O3. The van der Waals surface area contributed by atoms with E-state index in [9.17, 15) is 9.59 Å². The number of nitrogens with one attached hydrogen (secondary N) is 2. The van der Waals surface area contributed by atoms with Crippen LogP contribution in [0.3, 0.4) is 0 Å². The summed E-state index contributed by atoms with van der Waals surface area (Å²) in [6, 6.07) is 7.04. The normalized spacial score (nSPS) is 10.5. The molecule has 8 nitrogen and oxygen atoms in total. The van der Waals surface area contributed by atoms with Gasteiger partial charge in [-0.2, -0.15) is 15.0 Å². The van der Waals surface area contributed by atoms with Crippen molar-refractivity contribution in [2.24, 2.45) is 0 Å². The monoisotopic (exact) mass is 311 g/mol. The van der Waals surface area contributed by atoms with Gasteiger partial charge >= 0.3 is 6.01 Å². The number of aromatic nitrogens is 4. The van der Waals surface area contributed by atoms with Crippen LogP contribution in [0.25, 0.3) is 10.9 Å². The molecule has 2 N–H and O–H groups in total. The number of benzene rings is 1. The molecule has 0 bridgehead atoms. The van der Waals surface area contributed by atoms with E-state index in [1.165, 1.54) is 13.3 Å². The molecular weight excluding hydrogens is 298 g/mol.